The van der Waals surface area contributed by atoms with Crippen molar-refractivity contribution in [2.75, 3.05) is 11.9 Å². The van der Waals surface area contributed by atoms with E-state index in [1.807, 2.05) is 13.8 Å². The summed E-state index contributed by atoms with van der Waals surface area (Å²) in [5.74, 6) is -2.04. The van der Waals surface area contributed by atoms with E-state index in [1.54, 1.807) is 30.3 Å². The van der Waals surface area contributed by atoms with Crippen LogP contribution in [0.3, 0.4) is 0 Å². The number of anilines is 1. The number of benzene rings is 2. The van der Waals surface area contributed by atoms with Crippen molar-refractivity contribution in [2.24, 2.45) is 0 Å². The third-order valence-corrected chi connectivity index (χ3v) is 5.12. The number of allylic oxidation sites excluding steroid dienone is 1. The van der Waals surface area contributed by atoms with E-state index < -0.39 is 29.8 Å². The number of hydrogen-bond acceptors (Lipinski definition) is 4. The molecular weight excluding hydrogens is 403 g/mol. The summed E-state index contributed by atoms with van der Waals surface area (Å²) in [6.45, 7) is 3.26. The summed E-state index contributed by atoms with van der Waals surface area (Å²) in [6, 6.07) is 10.7. The molecule has 0 spiro atoms. The molecule has 0 radical (unpaired) electrons. The minimum Gasteiger partial charge on any atom is -0.482 e. The maximum Gasteiger partial charge on any atom is 0.322 e. The number of halogens is 1. The zero-order valence-corrected chi connectivity index (χ0v) is 16.8. The molecule has 8 heteroatoms. The van der Waals surface area contributed by atoms with Gasteiger partial charge in [-0.25, -0.2) is 4.39 Å². The Balaban J connectivity index is 1.67. The van der Waals surface area contributed by atoms with E-state index in [2.05, 4.69) is 10.6 Å². The number of amides is 2. The van der Waals surface area contributed by atoms with Crippen LogP contribution in [0.25, 0.3) is 11.1 Å². The fourth-order valence-electron chi connectivity index (χ4n) is 3.67. The van der Waals surface area contributed by atoms with E-state index in [0.717, 1.165) is 11.1 Å². The first kappa shape index (κ1) is 20.3. The number of carbonyl (C=O) groups is 3. The van der Waals surface area contributed by atoms with Crippen LogP contribution in [0.2, 0.25) is 0 Å². The van der Waals surface area contributed by atoms with Gasteiger partial charge in [0.2, 0.25) is 0 Å². The highest BCUT2D eigenvalue weighted by molar-refractivity contribution is 6.32. The van der Waals surface area contributed by atoms with Crippen LogP contribution < -0.4 is 10.6 Å². The molecule has 2 aliphatic rings. The van der Waals surface area contributed by atoms with Gasteiger partial charge in [0.25, 0.3) is 11.8 Å². The summed E-state index contributed by atoms with van der Waals surface area (Å²) in [5, 5.41) is 13.6. The monoisotopic (exact) mass is 422 g/mol. The second-order valence-electron chi connectivity index (χ2n) is 7.71. The molecule has 158 valence electrons. The quantitative estimate of drug-likeness (QED) is 0.657. The normalized spacial score (nSPS) is 18.7. The summed E-state index contributed by atoms with van der Waals surface area (Å²) in [7, 11) is 0. The van der Waals surface area contributed by atoms with Crippen molar-refractivity contribution < 1.29 is 28.6 Å². The predicted molar refractivity (Wildman–Crippen MR) is 112 cm³/mol. The Bertz CT molecular complexity index is 1180. The molecule has 31 heavy (non-hydrogen) atoms. The third kappa shape index (κ3) is 3.79. The standard InChI is InChI=1S/C23H19FN2O5/c1-23(2)16(12-3-5-13(6-4-12)21(29)25-11-19(27)28)10-18(31-23)20-15-8-7-14(24)9-17(15)26-22(20)30/h3-10H,11H2,1-2H3,(H,25,29)(H,26,30)(H,27,28)/b20-18+. The number of hydrogen-bond donors (Lipinski definition) is 3. The maximum absolute atomic E-state index is 13.5. The molecule has 3 N–H and O–H groups in total. The van der Waals surface area contributed by atoms with E-state index in [4.69, 9.17) is 9.84 Å². The van der Waals surface area contributed by atoms with Crippen molar-refractivity contribution >= 4 is 34.6 Å². The number of nitrogens with one attached hydrogen (secondary N) is 2. The number of carboxylic acids is 1. The van der Waals surface area contributed by atoms with Crippen molar-refractivity contribution in [2.45, 2.75) is 19.4 Å². The van der Waals surface area contributed by atoms with Crippen molar-refractivity contribution in [3.63, 3.8) is 0 Å². The molecule has 0 fully saturated rings. The van der Waals surface area contributed by atoms with Crippen molar-refractivity contribution in [1.82, 2.24) is 5.32 Å². The van der Waals surface area contributed by atoms with Gasteiger partial charge in [-0.2, -0.15) is 0 Å². The summed E-state index contributed by atoms with van der Waals surface area (Å²) in [5.41, 5.74) is 2.46. The molecule has 0 saturated heterocycles. The molecule has 0 bridgehead atoms. The molecule has 2 heterocycles. The number of ether oxygens (including phenoxy) is 1. The Hall–Kier alpha value is -3.94. The molecule has 2 amide bonds. The van der Waals surface area contributed by atoms with Gasteiger partial charge in [-0.05, 0) is 55.8 Å². The predicted octanol–water partition coefficient (Wildman–Crippen LogP) is 3.20. The van der Waals surface area contributed by atoms with Gasteiger partial charge >= 0.3 is 5.97 Å². The lowest BCUT2D eigenvalue weighted by atomic mass is 9.91. The first-order chi connectivity index (χ1) is 14.7. The van der Waals surface area contributed by atoms with Crippen LogP contribution in [-0.2, 0) is 14.3 Å². The van der Waals surface area contributed by atoms with Crippen molar-refractivity contribution in [3.8, 4) is 0 Å². The Morgan fingerprint density at radius 1 is 1.16 bits per heavy atom. The van der Waals surface area contributed by atoms with Gasteiger partial charge in [-0.1, -0.05) is 12.1 Å². The van der Waals surface area contributed by atoms with Crippen molar-refractivity contribution in [1.29, 1.82) is 0 Å². The molecule has 0 aromatic heterocycles. The fourth-order valence-corrected chi connectivity index (χ4v) is 3.67. The number of rotatable bonds is 4. The first-order valence-electron chi connectivity index (χ1n) is 9.53. The number of carbonyl (C=O) groups excluding carboxylic acids is 2. The van der Waals surface area contributed by atoms with Crippen LogP contribution in [0.15, 0.2) is 54.3 Å². The Kier molecular flexibility index (Phi) is 4.85. The highest BCUT2D eigenvalue weighted by Gasteiger charge is 2.38. The molecule has 7 nitrogen and oxygen atoms in total. The van der Waals surface area contributed by atoms with E-state index in [-0.39, 0.29) is 5.91 Å². The lowest BCUT2D eigenvalue weighted by molar-refractivity contribution is -0.135. The minimum atomic E-state index is -1.12. The van der Waals surface area contributed by atoms with Gasteiger partial charge in [0, 0.05) is 16.7 Å². The van der Waals surface area contributed by atoms with Gasteiger partial charge in [-0.3, -0.25) is 14.4 Å². The summed E-state index contributed by atoms with van der Waals surface area (Å²) >= 11 is 0. The maximum atomic E-state index is 13.5. The molecule has 4 rings (SSSR count). The highest BCUT2D eigenvalue weighted by atomic mass is 19.1. The van der Waals surface area contributed by atoms with Crippen LogP contribution in [-0.4, -0.2) is 35.0 Å². The Morgan fingerprint density at radius 2 is 1.87 bits per heavy atom. The topological polar surface area (TPSA) is 105 Å². The molecule has 0 aliphatic carbocycles. The smallest absolute Gasteiger partial charge is 0.322 e. The molecular formula is C23H19FN2O5. The summed E-state index contributed by atoms with van der Waals surface area (Å²) in [6.07, 6.45) is 1.77. The average Bonchev–Trinajstić information content (AvgIpc) is 3.20. The number of fused-ring (bicyclic) bond motifs is 1. The Labute approximate surface area is 177 Å². The number of carboxylic acid groups (broad SMARTS) is 1. The van der Waals surface area contributed by atoms with Crippen LogP contribution in [0.4, 0.5) is 10.1 Å². The molecule has 2 aromatic carbocycles. The number of aliphatic carboxylic acids is 1. The summed E-state index contributed by atoms with van der Waals surface area (Å²) in [4.78, 5) is 35.1. The van der Waals surface area contributed by atoms with Gasteiger partial charge in [0.1, 0.15) is 23.7 Å². The van der Waals surface area contributed by atoms with Gasteiger partial charge < -0.3 is 20.5 Å². The van der Waals surface area contributed by atoms with E-state index in [0.29, 0.717) is 28.1 Å². The van der Waals surface area contributed by atoms with E-state index in [9.17, 15) is 18.8 Å². The van der Waals surface area contributed by atoms with Gasteiger partial charge in [0.15, 0.2) is 0 Å². The van der Waals surface area contributed by atoms with E-state index in [1.165, 1.54) is 18.2 Å². The molecule has 0 unspecified atom stereocenters. The first-order valence-corrected chi connectivity index (χ1v) is 9.53. The van der Waals surface area contributed by atoms with Gasteiger partial charge in [-0.15, -0.1) is 0 Å². The largest absolute Gasteiger partial charge is 0.482 e. The molecule has 2 aromatic rings. The molecule has 2 aliphatic heterocycles. The van der Waals surface area contributed by atoms with Crippen molar-refractivity contribution in [3.05, 3.63) is 76.8 Å². The zero-order valence-electron chi connectivity index (χ0n) is 16.8. The third-order valence-electron chi connectivity index (χ3n) is 5.12. The second-order valence-corrected chi connectivity index (χ2v) is 7.71. The van der Waals surface area contributed by atoms with E-state index >= 15 is 0 Å². The molecule has 0 saturated carbocycles. The second kappa shape index (κ2) is 7.39. The van der Waals surface area contributed by atoms with Crippen LogP contribution >= 0.6 is 0 Å². The molecule has 0 atom stereocenters. The fraction of sp³-hybridized carbons (Fsp3) is 0.174. The SMILES string of the molecule is CC1(C)O/C(=C2/C(=O)Nc3cc(F)ccc32)C=C1c1ccc(C(=O)NCC(=O)O)cc1. The summed E-state index contributed by atoms with van der Waals surface area (Å²) < 4.78 is 19.6. The highest BCUT2D eigenvalue weighted by Crippen LogP contribution is 2.44. The minimum absolute atomic E-state index is 0.326. The van der Waals surface area contributed by atoms with Crippen LogP contribution in [0.5, 0.6) is 0 Å². The average molecular weight is 422 g/mol. The lowest BCUT2D eigenvalue weighted by Crippen LogP contribution is -2.29. The van der Waals surface area contributed by atoms with Crippen LogP contribution in [0.1, 0.15) is 35.3 Å². The zero-order chi connectivity index (χ0) is 22.3. The van der Waals surface area contributed by atoms with Gasteiger partial charge in [0.05, 0.1) is 11.3 Å². The Morgan fingerprint density at radius 3 is 2.55 bits per heavy atom. The van der Waals surface area contributed by atoms with Crippen LogP contribution in [0, 0.1) is 5.82 Å². The lowest BCUT2D eigenvalue weighted by Gasteiger charge is -2.23.